The molecule has 0 aliphatic carbocycles. The number of aromatic nitrogens is 3. The highest BCUT2D eigenvalue weighted by Gasteiger charge is 2.39. The first-order chi connectivity index (χ1) is 12.4. The summed E-state index contributed by atoms with van der Waals surface area (Å²) in [5, 5.41) is 17.8. The predicted octanol–water partition coefficient (Wildman–Crippen LogP) is 2.65. The number of carbonyl (C=O) groups excluding carboxylic acids is 1. The Morgan fingerprint density at radius 1 is 1.35 bits per heavy atom. The van der Waals surface area contributed by atoms with E-state index in [0.717, 1.165) is 6.42 Å². The molecular weight excluding hydrogens is 335 g/mol. The van der Waals surface area contributed by atoms with E-state index in [0.29, 0.717) is 40.7 Å². The van der Waals surface area contributed by atoms with Gasteiger partial charge in [0.2, 0.25) is 11.8 Å². The number of halogens is 1. The van der Waals surface area contributed by atoms with Crippen LogP contribution < -0.4 is 5.32 Å². The molecule has 2 aromatic heterocycles. The number of aryl methyl sites for hydroxylation is 1. The summed E-state index contributed by atoms with van der Waals surface area (Å²) in [6.07, 6.45) is 2.96. The van der Waals surface area contributed by atoms with Crippen molar-refractivity contribution in [1.82, 2.24) is 20.1 Å². The second kappa shape index (κ2) is 5.79. The Morgan fingerprint density at radius 2 is 2.15 bits per heavy atom. The zero-order valence-corrected chi connectivity index (χ0v) is 14.6. The van der Waals surface area contributed by atoms with Crippen LogP contribution in [0.15, 0.2) is 30.5 Å². The molecule has 26 heavy (non-hydrogen) atoms. The number of benzene rings is 1. The second-order valence-corrected chi connectivity index (χ2v) is 6.92. The molecule has 7 heteroatoms. The molecule has 2 N–H and O–H groups in total. The third-order valence-electron chi connectivity index (χ3n) is 5.22. The van der Waals surface area contributed by atoms with E-state index < -0.39 is 11.2 Å². The maximum absolute atomic E-state index is 14.3. The lowest BCUT2D eigenvalue weighted by atomic mass is 9.76. The lowest BCUT2D eigenvalue weighted by molar-refractivity contribution is -0.128. The summed E-state index contributed by atoms with van der Waals surface area (Å²) in [4.78, 5) is 16.6. The Hall–Kier alpha value is -2.96. The SMILES string of the molecule is Cn1ncc2c(F)cc(-c3ccc(C4(C)CCCNC4=O)c(O)n3)cc21. The molecular formula is C19H19FN4O2. The molecule has 1 atom stereocenters. The van der Waals surface area contributed by atoms with Gasteiger partial charge in [-0.3, -0.25) is 9.48 Å². The van der Waals surface area contributed by atoms with Crippen LogP contribution in [0.5, 0.6) is 5.88 Å². The molecule has 0 radical (unpaired) electrons. The summed E-state index contributed by atoms with van der Waals surface area (Å²) < 4.78 is 15.9. The van der Waals surface area contributed by atoms with E-state index in [1.165, 1.54) is 12.3 Å². The van der Waals surface area contributed by atoms with Gasteiger partial charge in [0.25, 0.3) is 0 Å². The van der Waals surface area contributed by atoms with E-state index >= 15 is 0 Å². The summed E-state index contributed by atoms with van der Waals surface area (Å²) in [6, 6.07) is 6.56. The summed E-state index contributed by atoms with van der Waals surface area (Å²) in [5.74, 6) is -0.710. The van der Waals surface area contributed by atoms with Crippen LogP contribution >= 0.6 is 0 Å². The minimum absolute atomic E-state index is 0.115. The van der Waals surface area contributed by atoms with Gasteiger partial charge >= 0.3 is 0 Å². The second-order valence-electron chi connectivity index (χ2n) is 6.92. The maximum Gasteiger partial charge on any atom is 0.230 e. The number of pyridine rings is 1. The first kappa shape index (κ1) is 16.5. The molecule has 1 aliphatic heterocycles. The number of nitrogens with zero attached hydrogens (tertiary/aromatic N) is 3. The standard InChI is InChI=1S/C19H19FN4O2/c1-19(6-3-7-21-18(19)26)13-4-5-15(23-17(13)25)11-8-14(20)12-10-22-24(2)16(12)9-11/h4-5,8-10H,3,6-7H2,1-2H3,(H,21,26)(H,23,25). The number of nitrogens with one attached hydrogen (secondary N) is 1. The molecule has 0 saturated carbocycles. The van der Waals surface area contributed by atoms with E-state index in [1.807, 2.05) is 0 Å². The number of aromatic hydroxyl groups is 1. The fraction of sp³-hybridized carbons (Fsp3) is 0.316. The lowest BCUT2D eigenvalue weighted by Crippen LogP contribution is -2.47. The van der Waals surface area contributed by atoms with Gasteiger partial charge in [-0.1, -0.05) is 6.07 Å². The first-order valence-electron chi connectivity index (χ1n) is 8.50. The van der Waals surface area contributed by atoms with Gasteiger partial charge in [-0.25, -0.2) is 9.37 Å². The quantitative estimate of drug-likeness (QED) is 0.741. The van der Waals surface area contributed by atoms with Gasteiger partial charge in [-0.15, -0.1) is 0 Å². The number of amides is 1. The molecule has 6 nitrogen and oxygen atoms in total. The predicted molar refractivity (Wildman–Crippen MR) is 95.2 cm³/mol. The van der Waals surface area contributed by atoms with Crippen molar-refractivity contribution < 1.29 is 14.3 Å². The van der Waals surface area contributed by atoms with Crippen LogP contribution in [0, 0.1) is 5.82 Å². The largest absolute Gasteiger partial charge is 0.493 e. The first-order valence-corrected chi connectivity index (χ1v) is 8.50. The third-order valence-corrected chi connectivity index (χ3v) is 5.22. The number of hydrogen-bond donors (Lipinski definition) is 2. The zero-order chi connectivity index (χ0) is 18.5. The molecule has 1 fully saturated rings. The molecule has 1 saturated heterocycles. The van der Waals surface area contributed by atoms with Crippen LogP contribution in [0.25, 0.3) is 22.2 Å². The molecule has 1 unspecified atom stereocenters. The molecule has 0 spiro atoms. The fourth-order valence-corrected chi connectivity index (χ4v) is 3.60. The van der Waals surface area contributed by atoms with Gasteiger partial charge in [0.1, 0.15) is 5.82 Å². The topological polar surface area (TPSA) is 80.0 Å². The molecule has 1 aromatic carbocycles. The Morgan fingerprint density at radius 3 is 2.88 bits per heavy atom. The van der Waals surface area contributed by atoms with E-state index in [9.17, 15) is 14.3 Å². The summed E-state index contributed by atoms with van der Waals surface area (Å²) >= 11 is 0. The van der Waals surface area contributed by atoms with Crippen molar-refractivity contribution in [2.75, 3.05) is 6.54 Å². The van der Waals surface area contributed by atoms with Crippen LogP contribution in [-0.2, 0) is 17.3 Å². The third kappa shape index (κ3) is 2.42. The Labute approximate surface area is 149 Å². The number of fused-ring (bicyclic) bond motifs is 1. The fourth-order valence-electron chi connectivity index (χ4n) is 3.60. The van der Waals surface area contributed by atoms with Crippen molar-refractivity contribution in [3.05, 3.63) is 41.8 Å². The van der Waals surface area contributed by atoms with E-state index in [1.54, 1.807) is 36.9 Å². The van der Waals surface area contributed by atoms with Gasteiger partial charge in [-0.05, 0) is 38.0 Å². The molecule has 3 heterocycles. The smallest absolute Gasteiger partial charge is 0.230 e. The van der Waals surface area contributed by atoms with Crippen LogP contribution in [0.4, 0.5) is 4.39 Å². The van der Waals surface area contributed by atoms with Gasteiger partial charge in [0, 0.05) is 24.7 Å². The van der Waals surface area contributed by atoms with Crippen molar-refractivity contribution in [3.63, 3.8) is 0 Å². The minimum Gasteiger partial charge on any atom is -0.493 e. The van der Waals surface area contributed by atoms with Gasteiger partial charge in [-0.2, -0.15) is 5.10 Å². The van der Waals surface area contributed by atoms with E-state index in [4.69, 9.17) is 0 Å². The average molecular weight is 354 g/mol. The van der Waals surface area contributed by atoms with Crippen molar-refractivity contribution >= 4 is 16.8 Å². The van der Waals surface area contributed by atoms with Crippen molar-refractivity contribution in [2.45, 2.75) is 25.2 Å². The van der Waals surface area contributed by atoms with Gasteiger partial charge in [0.05, 0.1) is 28.2 Å². The molecule has 134 valence electrons. The highest BCUT2D eigenvalue weighted by atomic mass is 19.1. The lowest BCUT2D eigenvalue weighted by Gasteiger charge is -2.33. The van der Waals surface area contributed by atoms with Crippen molar-refractivity contribution in [2.24, 2.45) is 7.05 Å². The Balaban J connectivity index is 1.79. The summed E-state index contributed by atoms with van der Waals surface area (Å²) in [7, 11) is 1.74. The van der Waals surface area contributed by atoms with Crippen LogP contribution in [0.2, 0.25) is 0 Å². The number of hydrogen-bond acceptors (Lipinski definition) is 4. The molecule has 3 aromatic rings. The zero-order valence-electron chi connectivity index (χ0n) is 14.6. The molecule has 4 rings (SSSR count). The highest BCUT2D eigenvalue weighted by Crippen LogP contribution is 2.37. The minimum atomic E-state index is -0.814. The molecule has 1 amide bonds. The van der Waals surface area contributed by atoms with Crippen molar-refractivity contribution in [1.29, 1.82) is 0 Å². The molecule has 1 aliphatic rings. The molecule has 0 bridgehead atoms. The van der Waals surface area contributed by atoms with Crippen LogP contribution in [0.3, 0.4) is 0 Å². The Kier molecular flexibility index (Phi) is 3.68. The van der Waals surface area contributed by atoms with Crippen LogP contribution in [-0.4, -0.2) is 32.3 Å². The average Bonchev–Trinajstić information content (AvgIpc) is 2.99. The number of rotatable bonds is 2. The van der Waals surface area contributed by atoms with Gasteiger partial charge in [0.15, 0.2) is 0 Å². The summed E-state index contributed by atoms with van der Waals surface area (Å²) in [6.45, 7) is 2.45. The monoisotopic (exact) mass is 354 g/mol. The highest BCUT2D eigenvalue weighted by molar-refractivity contribution is 5.89. The van der Waals surface area contributed by atoms with Crippen LogP contribution in [0.1, 0.15) is 25.3 Å². The van der Waals surface area contributed by atoms with E-state index in [2.05, 4.69) is 15.4 Å². The maximum atomic E-state index is 14.3. The number of carbonyl (C=O) groups is 1. The van der Waals surface area contributed by atoms with Crippen molar-refractivity contribution in [3.8, 4) is 17.1 Å². The summed E-state index contributed by atoms with van der Waals surface area (Å²) in [5.41, 5.74) is 1.29. The van der Waals surface area contributed by atoms with Gasteiger partial charge < -0.3 is 10.4 Å². The normalized spacial score (nSPS) is 20.3. The number of piperidine rings is 1. The Bertz CT molecular complexity index is 1030. The van der Waals surface area contributed by atoms with E-state index in [-0.39, 0.29) is 11.8 Å².